The third kappa shape index (κ3) is 5.36. The summed E-state index contributed by atoms with van der Waals surface area (Å²) in [5, 5.41) is 6.15. The molecule has 0 aliphatic rings. The summed E-state index contributed by atoms with van der Waals surface area (Å²) in [6, 6.07) is 19.1. The normalized spacial score (nSPS) is 11.7. The van der Waals surface area contributed by atoms with Gasteiger partial charge in [0.1, 0.15) is 5.76 Å². The van der Waals surface area contributed by atoms with E-state index in [-0.39, 0.29) is 30.9 Å². The molecule has 2 N–H and O–H groups in total. The van der Waals surface area contributed by atoms with E-state index in [9.17, 15) is 9.59 Å². The second kappa shape index (κ2) is 9.89. The maximum absolute atomic E-state index is 12.6. The first-order valence-electron chi connectivity index (χ1n) is 9.87. The molecule has 30 heavy (non-hydrogen) atoms. The van der Waals surface area contributed by atoms with Crippen LogP contribution in [0.2, 0.25) is 0 Å². The second-order valence-corrected chi connectivity index (χ2v) is 7.30. The van der Waals surface area contributed by atoms with Gasteiger partial charge in [-0.3, -0.25) is 14.9 Å². The molecule has 3 aromatic rings. The van der Waals surface area contributed by atoms with E-state index in [2.05, 4.69) is 10.6 Å². The Morgan fingerprint density at radius 2 is 1.67 bits per heavy atom. The average molecular weight is 405 g/mol. The first-order chi connectivity index (χ1) is 14.5. The van der Waals surface area contributed by atoms with Crippen molar-refractivity contribution in [2.24, 2.45) is 0 Å². The number of hydrogen-bond donors (Lipinski definition) is 2. The minimum absolute atomic E-state index is 0.0228. The number of likely N-dealkylation sites (N-methyl/N-ethyl adjacent to an activating group) is 1. The number of para-hydroxylation sites is 1. The van der Waals surface area contributed by atoms with Gasteiger partial charge in [0.05, 0.1) is 25.4 Å². The molecule has 0 saturated carbocycles. The fourth-order valence-electron chi connectivity index (χ4n) is 3.30. The molecule has 1 aromatic heterocycles. The van der Waals surface area contributed by atoms with Crippen LogP contribution in [-0.4, -0.2) is 36.9 Å². The molecule has 3 rings (SSSR count). The number of benzene rings is 2. The number of furan rings is 1. The Morgan fingerprint density at radius 1 is 0.967 bits per heavy atom. The SMILES string of the molecule is Cc1cccc(C)c1NC(=O)CN(C)C(=O)CN[C@H](c1ccccc1)c1ccco1. The van der Waals surface area contributed by atoms with E-state index in [1.54, 1.807) is 13.3 Å². The van der Waals surface area contributed by atoms with Gasteiger partial charge >= 0.3 is 0 Å². The molecule has 0 bridgehead atoms. The standard InChI is InChI=1S/C24H27N3O3/c1-17-9-7-10-18(2)23(17)26-21(28)16-27(3)22(29)15-25-24(20-13-8-14-30-20)19-11-5-4-6-12-19/h4-14,24-25H,15-16H2,1-3H3,(H,26,28)/t24-/m1/s1. The maximum atomic E-state index is 12.6. The van der Waals surface area contributed by atoms with Crippen molar-refractivity contribution < 1.29 is 14.0 Å². The minimum atomic E-state index is -0.248. The molecule has 6 nitrogen and oxygen atoms in total. The Kier molecular flexibility index (Phi) is 7.03. The summed E-state index contributed by atoms with van der Waals surface area (Å²) in [7, 11) is 1.62. The molecule has 6 heteroatoms. The van der Waals surface area contributed by atoms with Gasteiger partial charge in [0.15, 0.2) is 0 Å². The van der Waals surface area contributed by atoms with Crippen LogP contribution in [0.4, 0.5) is 5.69 Å². The highest BCUT2D eigenvalue weighted by molar-refractivity contribution is 5.95. The van der Waals surface area contributed by atoms with Crippen molar-refractivity contribution in [3.05, 3.63) is 89.4 Å². The summed E-state index contributed by atoms with van der Waals surface area (Å²) >= 11 is 0. The highest BCUT2D eigenvalue weighted by Crippen LogP contribution is 2.22. The molecular weight excluding hydrogens is 378 g/mol. The van der Waals surface area contributed by atoms with Crippen LogP contribution in [0.15, 0.2) is 71.3 Å². The van der Waals surface area contributed by atoms with Gasteiger partial charge in [-0.1, -0.05) is 48.5 Å². The van der Waals surface area contributed by atoms with Gasteiger partial charge in [0.2, 0.25) is 11.8 Å². The van der Waals surface area contributed by atoms with Crippen molar-refractivity contribution >= 4 is 17.5 Å². The van der Waals surface area contributed by atoms with E-state index >= 15 is 0 Å². The molecule has 0 aliphatic heterocycles. The number of nitrogens with one attached hydrogen (secondary N) is 2. The Balaban J connectivity index is 1.58. The Bertz CT molecular complexity index is 964. The van der Waals surface area contributed by atoms with E-state index in [4.69, 9.17) is 4.42 Å². The Labute approximate surface area is 176 Å². The molecule has 2 amide bonds. The first kappa shape index (κ1) is 21.3. The van der Waals surface area contributed by atoms with Crippen LogP contribution in [0.3, 0.4) is 0 Å². The summed E-state index contributed by atoms with van der Waals surface area (Å²) in [5.74, 6) is 0.317. The minimum Gasteiger partial charge on any atom is -0.467 e. The summed E-state index contributed by atoms with van der Waals surface area (Å²) in [6.07, 6.45) is 1.61. The predicted octanol–water partition coefficient (Wildman–Crippen LogP) is 3.67. The van der Waals surface area contributed by atoms with Crippen LogP contribution in [0.5, 0.6) is 0 Å². The molecule has 0 saturated heterocycles. The molecular formula is C24H27N3O3. The Hall–Kier alpha value is -3.38. The molecule has 156 valence electrons. The third-order valence-corrected chi connectivity index (χ3v) is 4.97. The topological polar surface area (TPSA) is 74.6 Å². The van der Waals surface area contributed by atoms with Gasteiger partial charge in [0, 0.05) is 12.7 Å². The van der Waals surface area contributed by atoms with E-state index in [0.29, 0.717) is 0 Å². The van der Waals surface area contributed by atoms with E-state index in [1.807, 2.05) is 74.5 Å². The second-order valence-electron chi connectivity index (χ2n) is 7.30. The number of anilines is 1. The van der Waals surface area contributed by atoms with Gasteiger partial charge in [-0.2, -0.15) is 0 Å². The van der Waals surface area contributed by atoms with E-state index in [1.165, 1.54) is 4.90 Å². The van der Waals surface area contributed by atoms with Crippen molar-refractivity contribution in [1.29, 1.82) is 0 Å². The number of hydrogen-bond acceptors (Lipinski definition) is 4. The lowest BCUT2D eigenvalue weighted by Gasteiger charge is -2.21. The number of aryl methyl sites for hydroxylation is 2. The third-order valence-electron chi connectivity index (χ3n) is 4.97. The quantitative estimate of drug-likeness (QED) is 0.600. The van der Waals surface area contributed by atoms with Gasteiger partial charge < -0.3 is 14.6 Å². The van der Waals surface area contributed by atoms with Gasteiger partial charge in [-0.25, -0.2) is 0 Å². The molecule has 0 unspecified atom stereocenters. The van der Waals surface area contributed by atoms with Crippen molar-refractivity contribution in [3.8, 4) is 0 Å². The molecule has 0 spiro atoms. The number of carbonyl (C=O) groups excluding carboxylic acids is 2. The monoisotopic (exact) mass is 405 g/mol. The number of rotatable bonds is 8. The summed E-state index contributed by atoms with van der Waals surface area (Å²) in [4.78, 5) is 26.5. The lowest BCUT2D eigenvalue weighted by molar-refractivity contribution is -0.132. The van der Waals surface area contributed by atoms with Gasteiger partial charge in [-0.15, -0.1) is 0 Å². The predicted molar refractivity (Wildman–Crippen MR) is 117 cm³/mol. The molecule has 0 fully saturated rings. The van der Waals surface area contributed by atoms with Gasteiger partial charge in [0.25, 0.3) is 0 Å². The zero-order chi connectivity index (χ0) is 21.5. The highest BCUT2D eigenvalue weighted by Gasteiger charge is 2.20. The van der Waals surface area contributed by atoms with Crippen molar-refractivity contribution in [3.63, 3.8) is 0 Å². The Morgan fingerprint density at radius 3 is 2.30 bits per heavy atom. The van der Waals surface area contributed by atoms with Crippen LogP contribution >= 0.6 is 0 Å². The summed E-state index contributed by atoms with van der Waals surface area (Å²) in [5.41, 5.74) is 3.77. The zero-order valence-electron chi connectivity index (χ0n) is 17.5. The van der Waals surface area contributed by atoms with Crippen LogP contribution in [0.25, 0.3) is 0 Å². The average Bonchev–Trinajstić information content (AvgIpc) is 3.26. The van der Waals surface area contributed by atoms with E-state index in [0.717, 1.165) is 28.1 Å². The first-order valence-corrected chi connectivity index (χ1v) is 9.87. The van der Waals surface area contributed by atoms with Crippen LogP contribution in [-0.2, 0) is 9.59 Å². The number of amides is 2. The fraction of sp³-hybridized carbons (Fsp3) is 0.250. The van der Waals surface area contributed by atoms with Gasteiger partial charge in [-0.05, 0) is 42.7 Å². The highest BCUT2D eigenvalue weighted by atomic mass is 16.3. The molecule has 0 aliphatic carbocycles. The molecule has 0 radical (unpaired) electrons. The number of nitrogens with zero attached hydrogens (tertiary/aromatic N) is 1. The lowest BCUT2D eigenvalue weighted by atomic mass is 10.0. The maximum Gasteiger partial charge on any atom is 0.243 e. The van der Waals surface area contributed by atoms with E-state index < -0.39 is 0 Å². The smallest absolute Gasteiger partial charge is 0.243 e. The van der Waals surface area contributed by atoms with Crippen LogP contribution < -0.4 is 10.6 Å². The van der Waals surface area contributed by atoms with Crippen molar-refractivity contribution in [1.82, 2.24) is 10.2 Å². The van der Waals surface area contributed by atoms with Crippen molar-refractivity contribution in [2.45, 2.75) is 19.9 Å². The summed E-state index contributed by atoms with van der Waals surface area (Å²) in [6.45, 7) is 3.94. The summed E-state index contributed by atoms with van der Waals surface area (Å²) < 4.78 is 5.54. The van der Waals surface area contributed by atoms with Crippen LogP contribution in [0, 0.1) is 13.8 Å². The van der Waals surface area contributed by atoms with Crippen molar-refractivity contribution in [2.75, 3.05) is 25.5 Å². The van der Waals surface area contributed by atoms with Crippen LogP contribution in [0.1, 0.15) is 28.5 Å². The lowest BCUT2D eigenvalue weighted by Crippen LogP contribution is -2.41. The molecule has 1 atom stereocenters. The number of carbonyl (C=O) groups is 2. The zero-order valence-corrected chi connectivity index (χ0v) is 17.5. The molecule has 2 aromatic carbocycles. The fourth-order valence-corrected chi connectivity index (χ4v) is 3.30. The molecule has 1 heterocycles. The largest absolute Gasteiger partial charge is 0.467 e.